The molecule has 2 aromatic carbocycles. The highest BCUT2D eigenvalue weighted by molar-refractivity contribution is 8.00. The van der Waals surface area contributed by atoms with Crippen LogP contribution in [0.2, 0.25) is 0 Å². The van der Waals surface area contributed by atoms with Crippen molar-refractivity contribution < 1.29 is 14.1 Å². The Kier molecular flexibility index (Phi) is 6.16. The second kappa shape index (κ2) is 8.76. The Labute approximate surface area is 172 Å². The molecule has 0 aliphatic carbocycles. The number of benzene rings is 2. The van der Waals surface area contributed by atoms with Gasteiger partial charge in [0.15, 0.2) is 4.34 Å². The molecule has 3 aromatic rings. The molecule has 0 saturated heterocycles. The molecule has 0 atom stereocenters. The molecule has 29 heavy (non-hydrogen) atoms. The van der Waals surface area contributed by atoms with Gasteiger partial charge in [0.05, 0.1) is 22.1 Å². The molecule has 0 aliphatic heterocycles. The van der Waals surface area contributed by atoms with Crippen LogP contribution in [0.3, 0.4) is 0 Å². The Bertz CT molecular complexity index is 1130. The van der Waals surface area contributed by atoms with E-state index in [0.717, 1.165) is 29.0 Å². The Morgan fingerprint density at radius 3 is 2.72 bits per heavy atom. The van der Waals surface area contributed by atoms with Crippen LogP contribution in [-0.4, -0.2) is 21.0 Å². The fourth-order valence-corrected chi connectivity index (χ4v) is 4.00. The molecule has 11 heteroatoms. The molecule has 0 fully saturated rings. The average molecular weight is 429 g/mol. The van der Waals surface area contributed by atoms with E-state index in [1.807, 2.05) is 12.1 Å². The van der Waals surface area contributed by atoms with Gasteiger partial charge in [-0.15, -0.1) is 10.2 Å². The van der Waals surface area contributed by atoms with Crippen LogP contribution in [0.4, 0.5) is 15.2 Å². The molecule has 8 nitrogen and oxygen atoms in total. The van der Waals surface area contributed by atoms with Gasteiger partial charge >= 0.3 is 0 Å². The van der Waals surface area contributed by atoms with Crippen LogP contribution in [0.1, 0.15) is 27.0 Å². The zero-order chi connectivity index (χ0) is 21.0. The lowest BCUT2D eigenvalue weighted by Gasteiger charge is -2.04. The monoisotopic (exact) mass is 429 g/mol. The minimum absolute atomic E-state index is 0.135. The van der Waals surface area contributed by atoms with Crippen molar-refractivity contribution in [2.45, 2.75) is 17.0 Å². The number of thioether (sulfide) groups is 1. The summed E-state index contributed by atoms with van der Waals surface area (Å²) in [7, 11) is 0. The number of hydrogen-bond acceptors (Lipinski definition) is 8. The lowest BCUT2D eigenvalue weighted by atomic mass is 10.1. The summed E-state index contributed by atoms with van der Waals surface area (Å²) in [4.78, 5) is 22.6. The third-order valence-electron chi connectivity index (χ3n) is 3.85. The number of rotatable bonds is 6. The maximum absolute atomic E-state index is 13.9. The summed E-state index contributed by atoms with van der Waals surface area (Å²) < 4.78 is 14.5. The molecular weight excluding hydrogens is 417 g/mol. The van der Waals surface area contributed by atoms with Crippen molar-refractivity contribution in [3.8, 4) is 6.07 Å². The highest BCUT2D eigenvalue weighted by atomic mass is 32.2. The zero-order valence-corrected chi connectivity index (χ0v) is 16.5. The molecule has 0 aliphatic rings. The fourth-order valence-electron chi connectivity index (χ4n) is 2.29. The summed E-state index contributed by atoms with van der Waals surface area (Å²) >= 11 is 2.53. The third-order valence-corrected chi connectivity index (χ3v) is 5.89. The molecule has 0 bridgehead atoms. The van der Waals surface area contributed by atoms with E-state index in [1.165, 1.54) is 18.7 Å². The van der Waals surface area contributed by atoms with E-state index in [-0.39, 0.29) is 16.3 Å². The van der Waals surface area contributed by atoms with Crippen LogP contribution in [-0.2, 0) is 5.75 Å². The molecule has 1 N–H and O–H groups in total. The van der Waals surface area contributed by atoms with E-state index in [2.05, 4.69) is 21.6 Å². The minimum atomic E-state index is -0.833. The van der Waals surface area contributed by atoms with E-state index in [4.69, 9.17) is 5.26 Å². The number of nitro benzene ring substituents is 1. The highest BCUT2D eigenvalue weighted by Crippen LogP contribution is 2.29. The van der Waals surface area contributed by atoms with Gasteiger partial charge < -0.3 is 0 Å². The second-order valence-corrected chi connectivity index (χ2v) is 7.98. The number of carbonyl (C=O) groups excluding carboxylic acids is 1. The third kappa shape index (κ3) is 4.92. The van der Waals surface area contributed by atoms with Gasteiger partial charge in [0.2, 0.25) is 5.13 Å². The molecule has 0 unspecified atom stereocenters. The molecule has 0 saturated carbocycles. The zero-order valence-electron chi connectivity index (χ0n) is 14.9. The number of carbonyl (C=O) groups is 1. The number of anilines is 1. The number of aromatic nitrogens is 2. The van der Waals surface area contributed by atoms with E-state index in [0.29, 0.717) is 15.7 Å². The summed E-state index contributed by atoms with van der Waals surface area (Å²) in [5.74, 6) is -0.948. The van der Waals surface area contributed by atoms with Crippen molar-refractivity contribution in [2.75, 3.05) is 5.32 Å². The quantitative estimate of drug-likeness (QED) is 0.268. The first kappa shape index (κ1) is 20.4. The van der Waals surface area contributed by atoms with Gasteiger partial charge in [0.1, 0.15) is 5.82 Å². The molecular formula is C18H12FN5O3S2. The molecule has 3 rings (SSSR count). The molecule has 1 amide bonds. The van der Waals surface area contributed by atoms with Gasteiger partial charge in [-0.25, -0.2) is 4.39 Å². The van der Waals surface area contributed by atoms with Crippen molar-refractivity contribution in [1.29, 1.82) is 5.26 Å². The van der Waals surface area contributed by atoms with Gasteiger partial charge in [-0.1, -0.05) is 35.2 Å². The van der Waals surface area contributed by atoms with Crippen LogP contribution >= 0.6 is 23.1 Å². The van der Waals surface area contributed by atoms with Crippen LogP contribution in [0.25, 0.3) is 0 Å². The first-order chi connectivity index (χ1) is 13.9. The molecule has 0 spiro atoms. The number of hydrogen-bond donors (Lipinski definition) is 1. The average Bonchev–Trinajstić information content (AvgIpc) is 3.15. The Morgan fingerprint density at radius 2 is 2.07 bits per heavy atom. The summed E-state index contributed by atoms with van der Waals surface area (Å²) in [5.41, 5.74) is 0.793. The minimum Gasteiger partial charge on any atom is -0.296 e. The van der Waals surface area contributed by atoms with Crippen molar-refractivity contribution in [2.24, 2.45) is 0 Å². The number of nitro groups is 1. The van der Waals surface area contributed by atoms with Gasteiger partial charge in [0.25, 0.3) is 11.6 Å². The van der Waals surface area contributed by atoms with Crippen molar-refractivity contribution in [1.82, 2.24) is 10.2 Å². The standard InChI is InChI=1S/C18H12FN5O3S2/c1-10-14(19)6-13(7-15(10)24(26)27)16(25)21-17-22-23-18(29-17)28-9-12-4-2-11(8-20)3-5-12/h2-7H,9H2,1H3,(H,21,22,25). The SMILES string of the molecule is Cc1c(F)cc(C(=O)Nc2nnc(SCc3ccc(C#N)cc3)s2)cc1[N+](=O)[O-]. The number of nitrogens with zero attached hydrogens (tertiary/aromatic N) is 4. The topological polar surface area (TPSA) is 122 Å². The summed E-state index contributed by atoms with van der Waals surface area (Å²) in [6, 6.07) is 11.1. The van der Waals surface area contributed by atoms with Crippen LogP contribution in [0.5, 0.6) is 0 Å². The summed E-state index contributed by atoms with van der Waals surface area (Å²) in [5, 5.41) is 30.3. The summed E-state index contributed by atoms with van der Waals surface area (Å²) in [6.07, 6.45) is 0. The Morgan fingerprint density at radius 1 is 1.34 bits per heavy atom. The van der Waals surface area contributed by atoms with Gasteiger partial charge in [-0.05, 0) is 30.7 Å². The van der Waals surface area contributed by atoms with Crippen molar-refractivity contribution >= 4 is 39.8 Å². The molecule has 1 heterocycles. The first-order valence-electron chi connectivity index (χ1n) is 8.08. The van der Waals surface area contributed by atoms with Gasteiger partial charge in [-0.3, -0.25) is 20.2 Å². The lowest BCUT2D eigenvalue weighted by Crippen LogP contribution is -2.13. The van der Waals surface area contributed by atoms with Crippen LogP contribution < -0.4 is 5.32 Å². The van der Waals surface area contributed by atoms with E-state index in [1.54, 1.807) is 12.1 Å². The van der Waals surface area contributed by atoms with Crippen molar-refractivity contribution in [3.05, 3.63) is 74.6 Å². The number of nitriles is 1. The fraction of sp³-hybridized carbons (Fsp3) is 0.111. The van der Waals surface area contributed by atoms with Crippen molar-refractivity contribution in [3.63, 3.8) is 0 Å². The normalized spacial score (nSPS) is 10.4. The van der Waals surface area contributed by atoms with E-state index in [9.17, 15) is 19.3 Å². The second-order valence-electron chi connectivity index (χ2n) is 5.78. The van der Waals surface area contributed by atoms with Crippen LogP contribution in [0.15, 0.2) is 40.7 Å². The number of nitrogens with one attached hydrogen (secondary N) is 1. The summed E-state index contributed by atoms with van der Waals surface area (Å²) in [6.45, 7) is 1.28. The van der Waals surface area contributed by atoms with Crippen LogP contribution in [0, 0.1) is 34.2 Å². The number of halogens is 1. The largest absolute Gasteiger partial charge is 0.296 e. The molecule has 0 radical (unpaired) electrons. The maximum Gasteiger partial charge on any atom is 0.276 e. The lowest BCUT2D eigenvalue weighted by molar-refractivity contribution is -0.385. The smallest absolute Gasteiger partial charge is 0.276 e. The Balaban J connectivity index is 1.66. The highest BCUT2D eigenvalue weighted by Gasteiger charge is 2.20. The van der Waals surface area contributed by atoms with E-state index >= 15 is 0 Å². The Hall–Kier alpha value is -3.36. The van der Waals surface area contributed by atoms with Gasteiger partial charge in [-0.2, -0.15) is 5.26 Å². The molecule has 146 valence electrons. The maximum atomic E-state index is 13.9. The number of amides is 1. The van der Waals surface area contributed by atoms with E-state index < -0.39 is 22.3 Å². The molecule has 1 aromatic heterocycles. The predicted octanol–water partition coefficient (Wildman–Crippen LogP) is 4.31. The first-order valence-corrected chi connectivity index (χ1v) is 9.89. The van der Waals surface area contributed by atoms with Gasteiger partial charge in [0, 0.05) is 17.4 Å². The predicted molar refractivity (Wildman–Crippen MR) is 106 cm³/mol.